The lowest BCUT2D eigenvalue weighted by molar-refractivity contribution is -0.115. The predicted octanol–water partition coefficient (Wildman–Crippen LogP) is 4.97. The summed E-state index contributed by atoms with van der Waals surface area (Å²) in [5.74, 6) is 0.118. The molecule has 1 fully saturated rings. The van der Waals surface area contributed by atoms with Crippen molar-refractivity contribution in [3.05, 3.63) is 58.9 Å². The van der Waals surface area contributed by atoms with Gasteiger partial charge in [0.1, 0.15) is 0 Å². The Labute approximate surface area is 157 Å². The number of aryl methyl sites for hydroxylation is 1. The molecule has 3 nitrogen and oxygen atoms in total. The summed E-state index contributed by atoms with van der Waals surface area (Å²) in [6.45, 7) is 13.6. The van der Waals surface area contributed by atoms with Crippen molar-refractivity contribution in [2.45, 2.75) is 53.0 Å². The molecular formula is C21H31ClN2O. The van der Waals surface area contributed by atoms with E-state index in [9.17, 15) is 4.79 Å². The van der Waals surface area contributed by atoms with Crippen molar-refractivity contribution in [1.29, 1.82) is 0 Å². The fourth-order valence-corrected chi connectivity index (χ4v) is 3.00. The van der Waals surface area contributed by atoms with Gasteiger partial charge in [0.15, 0.2) is 5.78 Å². The molecule has 138 valence electrons. The number of hydrogen-bond acceptors (Lipinski definition) is 3. The molecule has 1 heterocycles. The summed E-state index contributed by atoms with van der Waals surface area (Å²) in [5.41, 5.74) is 3.03. The lowest BCUT2D eigenvalue weighted by Crippen LogP contribution is -2.47. The van der Waals surface area contributed by atoms with Crippen molar-refractivity contribution < 1.29 is 4.79 Å². The van der Waals surface area contributed by atoms with Crippen LogP contribution in [-0.4, -0.2) is 29.8 Å². The number of hydrogen-bond donors (Lipinski definition) is 1. The van der Waals surface area contributed by atoms with E-state index in [0.717, 1.165) is 48.8 Å². The minimum atomic E-state index is 0.118. The smallest absolute Gasteiger partial charge is 0.175 e. The van der Waals surface area contributed by atoms with E-state index >= 15 is 0 Å². The van der Waals surface area contributed by atoms with E-state index in [0.29, 0.717) is 0 Å². The second kappa shape index (κ2) is 11.1. The molecule has 0 aliphatic carbocycles. The van der Waals surface area contributed by atoms with Gasteiger partial charge < -0.3 is 10.2 Å². The lowest BCUT2D eigenvalue weighted by atomic mass is 10.1. The fourth-order valence-electron chi connectivity index (χ4n) is 2.77. The van der Waals surface area contributed by atoms with Gasteiger partial charge in [0.25, 0.3) is 0 Å². The van der Waals surface area contributed by atoms with Gasteiger partial charge >= 0.3 is 0 Å². The van der Waals surface area contributed by atoms with Crippen molar-refractivity contribution in [1.82, 2.24) is 10.2 Å². The molecule has 1 aromatic carbocycles. The predicted molar refractivity (Wildman–Crippen MR) is 108 cm³/mol. The summed E-state index contributed by atoms with van der Waals surface area (Å²) in [5, 5.41) is 4.21. The Kier molecular flexibility index (Phi) is 9.54. The molecule has 1 aromatic rings. The molecule has 0 radical (unpaired) electrons. The quantitative estimate of drug-likeness (QED) is 0.750. The van der Waals surface area contributed by atoms with Gasteiger partial charge in [-0.1, -0.05) is 62.7 Å². The Hall–Kier alpha value is -1.58. The van der Waals surface area contributed by atoms with Gasteiger partial charge in [0, 0.05) is 36.8 Å². The SMILES string of the molecule is C=C1C(C)NCCN1/C(=C\CC)C(C)=O.CCCc1ccccc1Cl. The molecule has 0 spiro atoms. The number of allylic oxidation sites excluding steroid dienone is 2. The summed E-state index contributed by atoms with van der Waals surface area (Å²) in [6.07, 6.45) is 5.09. The van der Waals surface area contributed by atoms with Gasteiger partial charge in [-0.05, 0) is 31.4 Å². The minimum Gasteiger partial charge on any atom is -0.340 e. The van der Waals surface area contributed by atoms with Crippen LogP contribution in [0, 0.1) is 0 Å². The second-order valence-electron chi connectivity index (χ2n) is 6.21. The van der Waals surface area contributed by atoms with E-state index in [2.05, 4.69) is 31.8 Å². The maximum atomic E-state index is 11.5. The number of rotatable bonds is 5. The van der Waals surface area contributed by atoms with Crippen LogP contribution in [0.4, 0.5) is 0 Å². The molecule has 25 heavy (non-hydrogen) atoms. The topological polar surface area (TPSA) is 32.3 Å². The van der Waals surface area contributed by atoms with Crippen LogP contribution in [0.2, 0.25) is 5.02 Å². The molecule has 1 unspecified atom stereocenters. The Morgan fingerprint density at radius 1 is 1.40 bits per heavy atom. The van der Waals surface area contributed by atoms with Crippen molar-refractivity contribution in [3.63, 3.8) is 0 Å². The van der Waals surface area contributed by atoms with Crippen LogP contribution in [-0.2, 0) is 11.2 Å². The number of piperazine rings is 1. The van der Waals surface area contributed by atoms with Gasteiger partial charge in [-0.25, -0.2) is 0 Å². The van der Waals surface area contributed by atoms with Crippen LogP contribution in [0.3, 0.4) is 0 Å². The van der Waals surface area contributed by atoms with Crippen molar-refractivity contribution >= 4 is 17.4 Å². The van der Waals surface area contributed by atoms with E-state index in [-0.39, 0.29) is 11.8 Å². The number of carbonyl (C=O) groups is 1. The highest BCUT2D eigenvalue weighted by Crippen LogP contribution is 2.19. The summed E-state index contributed by atoms with van der Waals surface area (Å²) in [7, 11) is 0. The van der Waals surface area contributed by atoms with Gasteiger partial charge in [0.2, 0.25) is 0 Å². The number of ketones is 1. The average Bonchev–Trinajstić information content (AvgIpc) is 2.58. The van der Waals surface area contributed by atoms with Gasteiger partial charge in [-0.3, -0.25) is 4.79 Å². The number of halogens is 1. The highest BCUT2D eigenvalue weighted by molar-refractivity contribution is 6.31. The average molecular weight is 363 g/mol. The number of nitrogens with zero attached hydrogens (tertiary/aromatic N) is 1. The van der Waals surface area contributed by atoms with Crippen molar-refractivity contribution in [2.24, 2.45) is 0 Å². The fraction of sp³-hybridized carbons (Fsp3) is 0.476. The zero-order valence-electron chi connectivity index (χ0n) is 15.9. The van der Waals surface area contributed by atoms with E-state index in [1.165, 1.54) is 5.56 Å². The monoisotopic (exact) mass is 362 g/mol. The summed E-state index contributed by atoms with van der Waals surface area (Å²) in [4.78, 5) is 13.5. The number of Topliss-reactive ketones (excluding diaryl/α,β-unsaturated/α-hetero) is 1. The van der Waals surface area contributed by atoms with E-state index in [1.54, 1.807) is 6.92 Å². The summed E-state index contributed by atoms with van der Waals surface area (Å²) >= 11 is 5.90. The normalized spacial score (nSPS) is 17.8. The van der Waals surface area contributed by atoms with Crippen LogP contribution < -0.4 is 5.32 Å². The Balaban J connectivity index is 0.000000271. The first-order valence-corrected chi connectivity index (χ1v) is 9.44. The minimum absolute atomic E-state index is 0.118. The molecule has 1 N–H and O–H groups in total. The Morgan fingerprint density at radius 3 is 2.64 bits per heavy atom. The highest BCUT2D eigenvalue weighted by atomic mass is 35.5. The van der Waals surface area contributed by atoms with Crippen LogP contribution in [0.5, 0.6) is 0 Å². The van der Waals surface area contributed by atoms with Crippen molar-refractivity contribution in [3.8, 4) is 0 Å². The molecule has 1 aliphatic heterocycles. The lowest BCUT2D eigenvalue weighted by Gasteiger charge is -2.36. The third-order valence-corrected chi connectivity index (χ3v) is 4.53. The van der Waals surface area contributed by atoms with E-state index < -0.39 is 0 Å². The van der Waals surface area contributed by atoms with Gasteiger partial charge in [0.05, 0.1) is 5.70 Å². The van der Waals surface area contributed by atoms with E-state index in [1.807, 2.05) is 36.1 Å². The zero-order chi connectivity index (χ0) is 18.8. The molecule has 0 aromatic heterocycles. The summed E-state index contributed by atoms with van der Waals surface area (Å²) in [6, 6.07) is 8.25. The first-order valence-electron chi connectivity index (χ1n) is 9.06. The third kappa shape index (κ3) is 6.68. The zero-order valence-corrected chi connectivity index (χ0v) is 16.7. The maximum Gasteiger partial charge on any atom is 0.175 e. The first kappa shape index (κ1) is 21.5. The number of nitrogens with one attached hydrogen (secondary N) is 1. The second-order valence-corrected chi connectivity index (χ2v) is 6.62. The molecule has 2 rings (SSSR count). The molecule has 0 bridgehead atoms. The first-order chi connectivity index (χ1) is 11.9. The van der Waals surface area contributed by atoms with Crippen LogP contribution in [0.1, 0.15) is 46.1 Å². The summed E-state index contributed by atoms with van der Waals surface area (Å²) < 4.78 is 0. The molecular weight excluding hydrogens is 332 g/mol. The van der Waals surface area contributed by atoms with Gasteiger partial charge in [-0.2, -0.15) is 0 Å². The standard InChI is InChI=1S/C12H20N2O.C9H11Cl/c1-5-6-12(11(4)15)14-8-7-13-9(2)10(14)3;1-2-5-8-6-3-4-7-9(8)10/h6,9,13H,3,5,7-8H2,1-2,4H3;3-4,6-7H,2,5H2,1H3/b12-6-;. The third-order valence-electron chi connectivity index (χ3n) is 4.16. The molecule has 0 amide bonds. The largest absolute Gasteiger partial charge is 0.340 e. The molecule has 4 heteroatoms. The number of carbonyl (C=O) groups excluding carboxylic acids is 1. The Morgan fingerprint density at radius 2 is 2.08 bits per heavy atom. The molecule has 0 saturated carbocycles. The molecule has 1 atom stereocenters. The Bertz CT molecular complexity index is 610. The van der Waals surface area contributed by atoms with E-state index in [4.69, 9.17) is 11.6 Å². The van der Waals surface area contributed by atoms with Crippen LogP contribution in [0.25, 0.3) is 0 Å². The maximum absolute atomic E-state index is 11.5. The highest BCUT2D eigenvalue weighted by Gasteiger charge is 2.23. The van der Waals surface area contributed by atoms with Gasteiger partial charge in [-0.15, -0.1) is 0 Å². The van der Waals surface area contributed by atoms with Crippen LogP contribution >= 0.6 is 11.6 Å². The molecule has 1 aliphatic rings. The molecule has 1 saturated heterocycles. The van der Waals surface area contributed by atoms with Crippen molar-refractivity contribution in [2.75, 3.05) is 13.1 Å². The van der Waals surface area contributed by atoms with Crippen LogP contribution in [0.15, 0.2) is 48.3 Å². The number of benzene rings is 1.